The molecule has 0 aliphatic heterocycles. The Kier molecular flexibility index (Phi) is 7.60. The van der Waals surface area contributed by atoms with Gasteiger partial charge in [-0.2, -0.15) is 0 Å². The Morgan fingerprint density at radius 1 is 0.821 bits per heavy atom. The predicted octanol–water partition coefficient (Wildman–Crippen LogP) is 7.64. The van der Waals surface area contributed by atoms with Crippen LogP contribution in [0.5, 0.6) is 0 Å². The van der Waals surface area contributed by atoms with Crippen molar-refractivity contribution in [2.24, 2.45) is 5.41 Å². The summed E-state index contributed by atoms with van der Waals surface area (Å²) < 4.78 is 6.14. The van der Waals surface area contributed by atoms with Crippen molar-refractivity contribution in [3.8, 4) is 0 Å². The van der Waals surface area contributed by atoms with Crippen LogP contribution in [-0.2, 0) is 11.2 Å². The summed E-state index contributed by atoms with van der Waals surface area (Å²) in [6, 6.07) is 8.16. The zero-order valence-electron chi connectivity index (χ0n) is 18.2. The van der Waals surface area contributed by atoms with Crippen LogP contribution < -0.4 is 0 Å². The first-order valence-electron chi connectivity index (χ1n) is 11.9. The Hall–Kier alpha value is -1.31. The molecule has 1 aromatic carbocycles. The highest BCUT2D eigenvalue weighted by atomic mass is 16.6. The van der Waals surface area contributed by atoms with E-state index < -0.39 is 0 Å². The molecule has 0 saturated heterocycles. The van der Waals surface area contributed by atoms with Crippen LogP contribution in [0, 0.1) is 5.41 Å². The minimum absolute atomic E-state index is 0.113. The molecule has 0 aromatic heterocycles. The maximum Gasteiger partial charge on any atom is 0.338 e. The van der Waals surface area contributed by atoms with Crippen LogP contribution in [0.4, 0.5) is 0 Å². The lowest BCUT2D eigenvalue weighted by Crippen LogP contribution is -2.48. The second-order valence-corrected chi connectivity index (χ2v) is 9.54. The summed E-state index contributed by atoms with van der Waals surface area (Å²) in [7, 11) is 0. The van der Waals surface area contributed by atoms with Gasteiger partial charge in [0.25, 0.3) is 0 Å². The topological polar surface area (TPSA) is 26.3 Å². The van der Waals surface area contributed by atoms with E-state index in [0.717, 1.165) is 31.2 Å². The second kappa shape index (κ2) is 9.94. The number of esters is 1. The highest BCUT2D eigenvalue weighted by Crippen LogP contribution is 2.56. The third-order valence-electron chi connectivity index (χ3n) is 7.46. The van der Waals surface area contributed by atoms with Gasteiger partial charge in [-0.15, -0.1) is 0 Å². The van der Waals surface area contributed by atoms with E-state index in [-0.39, 0.29) is 11.6 Å². The number of unbranched alkanes of at least 4 members (excludes halogenated alkanes) is 5. The maximum absolute atomic E-state index is 12.8. The Labute approximate surface area is 172 Å². The third kappa shape index (κ3) is 5.39. The second-order valence-electron chi connectivity index (χ2n) is 9.54. The van der Waals surface area contributed by atoms with Gasteiger partial charge in [-0.05, 0) is 80.9 Å². The fraction of sp³-hybridized carbons (Fsp3) is 0.731. The summed E-state index contributed by atoms with van der Waals surface area (Å²) >= 11 is 0. The van der Waals surface area contributed by atoms with Crippen LogP contribution in [-0.4, -0.2) is 11.6 Å². The van der Waals surface area contributed by atoms with Crippen LogP contribution in [0.2, 0.25) is 0 Å². The first-order chi connectivity index (χ1) is 13.6. The van der Waals surface area contributed by atoms with Crippen LogP contribution in [0.3, 0.4) is 0 Å². The molecule has 156 valence electrons. The van der Waals surface area contributed by atoms with E-state index in [0.29, 0.717) is 5.41 Å². The monoisotopic (exact) mass is 384 g/mol. The van der Waals surface area contributed by atoms with Gasteiger partial charge < -0.3 is 4.74 Å². The summed E-state index contributed by atoms with van der Waals surface area (Å²) in [4.78, 5) is 12.8. The SMILES string of the molecule is CCCCCCc1ccc(C(=O)OC23CCC(CCCCC)(CC2)CC3)cc1. The van der Waals surface area contributed by atoms with Crippen molar-refractivity contribution in [3.05, 3.63) is 35.4 Å². The standard InChI is InChI=1S/C26H40O2/c1-3-5-7-8-10-22-11-13-23(14-12-22)24(27)28-26-19-16-25(17-20-26,18-21-26)15-9-6-4-2/h11-14H,3-10,15-21H2,1-2H3. The van der Waals surface area contributed by atoms with Crippen molar-refractivity contribution >= 4 is 5.97 Å². The van der Waals surface area contributed by atoms with E-state index in [2.05, 4.69) is 26.0 Å². The molecule has 3 fully saturated rings. The molecule has 0 heterocycles. The number of benzene rings is 1. The average molecular weight is 385 g/mol. The predicted molar refractivity (Wildman–Crippen MR) is 117 cm³/mol. The average Bonchev–Trinajstić information content (AvgIpc) is 2.73. The first-order valence-corrected chi connectivity index (χ1v) is 11.9. The summed E-state index contributed by atoms with van der Waals surface area (Å²) in [6.07, 6.45) is 18.6. The van der Waals surface area contributed by atoms with Crippen molar-refractivity contribution in [2.75, 3.05) is 0 Å². The number of ether oxygens (including phenoxy) is 1. The molecule has 2 bridgehead atoms. The summed E-state index contributed by atoms with van der Waals surface area (Å²) in [5.74, 6) is -0.113. The minimum Gasteiger partial charge on any atom is -0.455 e. The lowest BCUT2D eigenvalue weighted by Gasteiger charge is -2.53. The van der Waals surface area contributed by atoms with Crippen molar-refractivity contribution in [1.29, 1.82) is 0 Å². The molecule has 1 aromatic rings. The van der Waals surface area contributed by atoms with Gasteiger partial charge in [0.2, 0.25) is 0 Å². The molecular weight excluding hydrogens is 344 g/mol. The van der Waals surface area contributed by atoms with Gasteiger partial charge in [0.1, 0.15) is 5.60 Å². The van der Waals surface area contributed by atoms with Crippen LogP contribution in [0.25, 0.3) is 0 Å². The number of rotatable bonds is 11. The molecule has 0 atom stereocenters. The molecule has 0 spiro atoms. The van der Waals surface area contributed by atoms with Crippen LogP contribution in [0.15, 0.2) is 24.3 Å². The number of aryl methyl sites for hydroxylation is 1. The molecule has 0 N–H and O–H groups in total. The Balaban J connectivity index is 1.49. The third-order valence-corrected chi connectivity index (χ3v) is 7.46. The molecule has 28 heavy (non-hydrogen) atoms. The molecule has 2 nitrogen and oxygen atoms in total. The quantitative estimate of drug-likeness (QED) is 0.289. The van der Waals surface area contributed by atoms with Gasteiger partial charge in [0.15, 0.2) is 0 Å². The molecule has 0 amide bonds. The molecule has 3 saturated carbocycles. The fourth-order valence-electron chi connectivity index (χ4n) is 5.33. The molecule has 2 heteroatoms. The largest absolute Gasteiger partial charge is 0.455 e. The molecule has 3 aliphatic carbocycles. The van der Waals surface area contributed by atoms with E-state index in [9.17, 15) is 4.79 Å². The Morgan fingerprint density at radius 3 is 2.04 bits per heavy atom. The Bertz CT molecular complexity index is 591. The van der Waals surface area contributed by atoms with Crippen molar-refractivity contribution < 1.29 is 9.53 Å². The van der Waals surface area contributed by atoms with E-state index >= 15 is 0 Å². The zero-order valence-corrected chi connectivity index (χ0v) is 18.2. The van der Waals surface area contributed by atoms with Gasteiger partial charge in [0, 0.05) is 0 Å². The Morgan fingerprint density at radius 2 is 1.43 bits per heavy atom. The minimum atomic E-state index is -0.178. The van der Waals surface area contributed by atoms with Crippen molar-refractivity contribution in [1.82, 2.24) is 0 Å². The number of hydrogen-bond donors (Lipinski definition) is 0. The van der Waals surface area contributed by atoms with Crippen molar-refractivity contribution in [3.63, 3.8) is 0 Å². The van der Waals surface area contributed by atoms with Crippen molar-refractivity contribution in [2.45, 2.75) is 116 Å². The van der Waals surface area contributed by atoms with Crippen LogP contribution in [0.1, 0.15) is 120 Å². The first kappa shape index (κ1) is 21.4. The zero-order chi connectivity index (χ0) is 19.9. The smallest absolute Gasteiger partial charge is 0.338 e. The molecular formula is C26H40O2. The number of hydrogen-bond acceptors (Lipinski definition) is 2. The van der Waals surface area contributed by atoms with Gasteiger partial charge in [-0.25, -0.2) is 4.79 Å². The summed E-state index contributed by atoms with van der Waals surface area (Å²) in [5, 5.41) is 0. The maximum atomic E-state index is 12.8. The highest BCUT2D eigenvalue weighted by Gasteiger charge is 2.50. The van der Waals surface area contributed by atoms with E-state index in [1.165, 1.54) is 76.2 Å². The summed E-state index contributed by atoms with van der Waals surface area (Å²) in [5.41, 5.74) is 2.43. The molecule has 4 rings (SSSR count). The summed E-state index contributed by atoms with van der Waals surface area (Å²) in [6.45, 7) is 4.52. The normalized spacial score (nSPS) is 26.4. The van der Waals surface area contributed by atoms with E-state index in [4.69, 9.17) is 4.74 Å². The van der Waals surface area contributed by atoms with E-state index in [1.54, 1.807) is 0 Å². The van der Waals surface area contributed by atoms with E-state index in [1.807, 2.05) is 12.1 Å². The van der Waals surface area contributed by atoms with Gasteiger partial charge >= 0.3 is 5.97 Å². The highest BCUT2D eigenvalue weighted by molar-refractivity contribution is 5.89. The molecule has 0 unspecified atom stereocenters. The number of carbonyl (C=O) groups is 1. The van der Waals surface area contributed by atoms with Crippen LogP contribution >= 0.6 is 0 Å². The fourth-order valence-corrected chi connectivity index (χ4v) is 5.33. The molecule has 0 radical (unpaired) electrons. The van der Waals surface area contributed by atoms with Gasteiger partial charge in [0.05, 0.1) is 5.56 Å². The van der Waals surface area contributed by atoms with Gasteiger partial charge in [-0.1, -0.05) is 64.5 Å². The van der Waals surface area contributed by atoms with Gasteiger partial charge in [-0.3, -0.25) is 0 Å². The molecule has 3 aliphatic rings. The number of carbonyl (C=O) groups excluding carboxylic acids is 1. The number of fused-ring (bicyclic) bond motifs is 3. The lowest BCUT2D eigenvalue weighted by atomic mass is 9.57. The lowest BCUT2D eigenvalue weighted by molar-refractivity contribution is -0.106.